The van der Waals surface area contributed by atoms with E-state index in [9.17, 15) is 9.59 Å². The fourth-order valence-electron chi connectivity index (χ4n) is 3.31. The van der Waals surface area contributed by atoms with E-state index in [1.54, 1.807) is 6.92 Å². The monoisotopic (exact) mass is 313 g/mol. The second-order valence-corrected chi connectivity index (χ2v) is 6.19. The first-order valence-electron chi connectivity index (χ1n) is 8.15. The molecule has 0 spiro atoms. The lowest BCUT2D eigenvalue weighted by molar-refractivity contribution is -0.132. The molecule has 5 heteroatoms. The van der Waals surface area contributed by atoms with Crippen LogP contribution < -0.4 is 0 Å². The standard InChI is InChI=1S/C18H23N3O2/c1-13-16(15-6-3-4-7-17(15)19-13)12-18(23)21-9-5-8-20(10-11-21)14(2)22/h3-4,6-7,19H,5,8-12H2,1-2H3. The molecule has 0 bridgehead atoms. The van der Waals surface area contributed by atoms with E-state index in [1.165, 1.54) is 0 Å². The number of nitrogens with one attached hydrogen (secondary N) is 1. The molecule has 3 rings (SSSR count). The van der Waals surface area contributed by atoms with Gasteiger partial charge in [-0.1, -0.05) is 18.2 Å². The molecule has 5 nitrogen and oxygen atoms in total. The van der Waals surface area contributed by atoms with Crippen LogP contribution in [0.3, 0.4) is 0 Å². The fourth-order valence-corrected chi connectivity index (χ4v) is 3.31. The number of aromatic nitrogens is 1. The summed E-state index contributed by atoms with van der Waals surface area (Å²) in [4.78, 5) is 31.3. The third-order valence-electron chi connectivity index (χ3n) is 4.65. The molecule has 1 aliphatic rings. The second-order valence-electron chi connectivity index (χ2n) is 6.19. The number of aryl methyl sites for hydroxylation is 1. The first-order chi connectivity index (χ1) is 11.1. The Kier molecular flexibility index (Phi) is 4.37. The van der Waals surface area contributed by atoms with Crippen molar-refractivity contribution in [1.82, 2.24) is 14.8 Å². The van der Waals surface area contributed by atoms with Gasteiger partial charge in [-0.3, -0.25) is 9.59 Å². The van der Waals surface area contributed by atoms with E-state index in [2.05, 4.69) is 11.1 Å². The van der Waals surface area contributed by atoms with Crippen molar-refractivity contribution in [2.75, 3.05) is 26.2 Å². The zero-order valence-electron chi connectivity index (χ0n) is 13.8. The summed E-state index contributed by atoms with van der Waals surface area (Å²) >= 11 is 0. The van der Waals surface area contributed by atoms with Crippen molar-refractivity contribution in [3.63, 3.8) is 0 Å². The number of fused-ring (bicyclic) bond motifs is 1. The molecule has 1 fully saturated rings. The van der Waals surface area contributed by atoms with Crippen molar-refractivity contribution in [3.8, 4) is 0 Å². The second kappa shape index (κ2) is 6.44. The highest BCUT2D eigenvalue weighted by atomic mass is 16.2. The van der Waals surface area contributed by atoms with Gasteiger partial charge < -0.3 is 14.8 Å². The van der Waals surface area contributed by atoms with Crippen molar-refractivity contribution in [2.24, 2.45) is 0 Å². The normalized spacial score (nSPS) is 15.7. The van der Waals surface area contributed by atoms with Crippen LogP contribution in [0.25, 0.3) is 10.9 Å². The van der Waals surface area contributed by atoms with Crippen molar-refractivity contribution in [1.29, 1.82) is 0 Å². The number of H-pyrrole nitrogens is 1. The van der Waals surface area contributed by atoms with Gasteiger partial charge in [-0.2, -0.15) is 0 Å². The number of amides is 2. The molecule has 1 aromatic carbocycles. The van der Waals surface area contributed by atoms with E-state index in [0.717, 1.165) is 41.7 Å². The van der Waals surface area contributed by atoms with Crippen LogP contribution >= 0.6 is 0 Å². The van der Waals surface area contributed by atoms with Gasteiger partial charge in [0.25, 0.3) is 0 Å². The number of hydrogen-bond donors (Lipinski definition) is 1. The maximum atomic E-state index is 12.7. The van der Waals surface area contributed by atoms with Crippen molar-refractivity contribution in [2.45, 2.75) is 26.7 Å². The quantitative estimate of drug-likeness (QED) is 0.923. The summed E-state index contributed by atoms with van der Waals surface area (Å²) in [6.45, 7) is 6.33. The number of hydrogen-bond acceptors (Lipinski definition) is 2. The number of benzene rings is 1. The SMILES string of the molecule is CC(=O)N1CCCN(C(=O)Cc2c(C)[nH]c3ccccc23)CC1. The van der Waals surface area contributed by atoms with Gasteiger partial charge in [0.1, 0.15) is 0 Å². The van der Waals surface area contributed by atoms with Crippen LogP contribution in [0.2, 0.25) is 0 Å². The van der Waals surface area contributed by atoms with Gasteiger partial charge in [-0.15, -0.1) is 0 Å². The van der Waals surface area contributed by atoms with Crippen molar-refractivity contribution in [3.05, 3.63) is 35.5 Å². The molecule has 1 saturated heterocycles. The smallest absolute Gasteiger partial charge is 0.227 e. The lowest BCUT2D eigenvalue weighted by atomic mass is 10.1. The number of para-hydroxylation sites is 1. The summed E-state index contributed by atoms with van der Waals surface area (Å²) in [5.41, 5.74) is 3.21. The highest BCUT2D eigenvalue weighted by Crippen LogP contribution is 2.23. The maximum Gasteiger partial charge on any atom is 0.227 e. The topological polar surface area (TPSA) is 56.4 Å². The van der Waals surface area contributed by atoms with Gasteiger partial charge in [0, 0.05) is 49.7 Å². The molecule has 0 aliphatic carbocycles. The van der Waals surface area contributed by atoms with Gasteiger partial charge in [0.05, 0.1) is 6.42 Å². The summed E-state index contributed by atoms with van der Waals surface area (Å²) < 4.78 is 0. The highest BCUT2D eigenvalue weighted by Gasteiger charge is 2.21. The first-order valence-corrected chi connectivity index (χ1v) is 8.15. The lowest BCUT2D eigenvalue weighted by Crippen LogP contribution is -2.37. The average molecular weight is 313 g/mol. The predicted molar refractivity (Wildman–Crippen MR) is 90.2 cm³/mol. The van der Waals surface area contributed by atoms with E-state index in [-0.39, 0.29) is 11.8 Å². The Morgan fingerprint density at radius 2 is 1.78 bits per heavy atom. The van der Waals surface area contributed by atoms with Crippen LogP contribution in [0.1, 0.15) is 24.6 Å². The van der Waals surface area contributed by atoms with E-state index >= 15 is 0 Å². The molecule has 0 atom stereocenters. The summed E-state index contributed by atoms with van der Waals surface area (Å²) in [5, 5.41) is 1.12. The molecule has 0 unspecified atom stereocenters. The number of aromatic amines is 1. The molecule has 2 heterocycles. The molecule has 1 N–H and O–H groups in total. The summed E-state index contributed by atoms with van der Waals surface area (Å²) in [6, 6.07) is 8.09. The lowest BCUT2D eigenvalue weighted by Gasteiger charge is -2.21. The number of carbonyl (C=O) groups excluding carboxylic acids is 2. The molecule has 0 radical (unpaired) electrons. The Labute approximate surface area is 136 Å². The molecular weight excluding hydrogens is 290 g/mol. The number of rotatable bonds is 2. The van der Waals surface area contributed by atoms with Crippen LogP contribution in [0, 0.1) is 6.92 Å². The van der Waals surface area contributed by atoms with Gasteiger partial charge in [-0.05, 0) is 25.0 Å². The summed E-state index contributed by atoms with van der Waals surface area (Å²) in [6.07, 6.45) is 1.26. The van der Waals surface area contributed by atoms with Crippen LogP contribution in [-0.2, 0) is 16.0 Å². The Morgan fingerprint density at radius 3 is 2.57 bits per heavy atom. The Balaban J connectivity index is 1.73. The molecule has 1 aromatic heterocycles. The summed E-state index contributed by atoms with van der Waals surface area (Å²) in [7, 11) is 0. The van der Waals surface area contributed by atoms with Gasteiger partial charge in [0.15, 0.2) is 0 Å². The minimum Gasteiger partial charge on any atom is -0.358 e. The maximum absolute atomic E-state index is 12.7. The van der Waals surface area contributed by atoms with Gasteiger partial charge in [-0.25, -0.2) is 0 Å². The first kappa shape index (κ1) is 15.6. The molecule has 23 heavy (non-hydrogen) atoms. The fraction of sp³-hybridized carbons (Fsp3) is 0.444. The Bertz CT molecular complexity index is 735. The van der Waals surface area contributed by atoms with E-state index < -0.39 is 0 Å². The third kappa shape index (κ3) is 3.23. The minimum absolute atomic E-state index is 0.0896. The van der Waals surface area contributed by atoms with Crippen LogP contribution in [-0.4, -0.2) is 52.8 Å². The molecule has 0 saturated carbocycles. The summed E-state index contributed by atoms with van der Waals surface area (Å²) in [5.74, 6) is 0.232. The van der Waals surface area contributed by atoms with Crippen molar-refractivity contribution >= 4 is 22.7 Å². The largest absolute Gasteiger partial charge is 0.358 e. The number of carbonyl (C=O) groups is 2. The zero-order chi connectivity index (χ0) is 16.4. The Hall–Kier alpha value is -2.30. The van der Waals surface area contributed by atoms with Crippen LogP contribution in [0.5, 0.6) is 0 Å². The van der Waals surface area contributed by atoms with E-state index in [4.69, 9.17) is 0 Å². The molecule has 1 aliphatic heterocycles. The van der Waals surface area contributed by atoms with Crippen molar-refractivity contribution < 1.29 is 9.59 Å². The highest BCUT2D eigenvalue weighted by molar-refractivity contribution is 5.90. The van der Waals surface area contributed by atoms with Crippen LogP contribution in [0.4, 0.5) is 0 Å². The molecule has 122 valence electrons. The minimum atomic E-state index is 0.0896. The van der Waals surface area contributed by atoms with E-state index in [0.29, 0.717) is 19.5 Å². The van der Waals surface area contributed by atoms with Gasteiger partial charge >= 0.3 is 0 Å². The molecule has 2 aromatic rings. The molecule has 2 amide bonds. The predicted octanol–water partition coefficient (Wildman–Crippen LogP) is 2.10. The third-order valence-corrected chi connectivity index (χ3v) is 4.65. The molecular formula is C18H23N3O2. The average Bonchev–Trinajstić information content (AvgIpc) is 2.72. The van der Waals surface area contributed by atoms with E-state index in [1.807, 2.05) is 34.9 Å². The van der Waals surface area contributed by atoms with Gasteiger partial charge in [0.2, 0.25) is 11.8 Å². The number of nitrogens with zero attached hydrogens (tertiary/aromatic N) is 2. The Morgan fingerprint density at radius 1 is 1.09 bits per heavy atom. The van der Waals surface area contributed by atoms with Crippen LogP contribution in [0.15, 0.2) is 24.3 Å². The zero-order valence-corrected chi connectivity index (χ0v) is 13.8.